The van der Waals surface area contributed by atoms with Crippen LogP contribution in [0.3, 0.4) is 0 Å². The number of phosphoric acid groups is 1. The first-order valence-electron chi connectivity index (χ1n) is 12.9. The van der Waals surface area contributed by atoms with Crippen LogP contribution in [-0.4, -0.2) is 15.9 Å². The first-order chi connectivity index (χ1) is 15.4. The van der Waals surface area contributed by atoms with E-state index in [1.807, 2.05) is 0 Å². The molecule has 1 unspecified atom stereocenters. The summed E-state index contributed by atoms with van der Waals surface area (Å²) >= 11 is 0. The van der Waals surface area contributed by atoms with Gasteiger partial charge in [-0.3, -0.25) is 4.52 Å². The van der Waals surface area contributed by atoms with E-state index < -0.39 is 13.9 Å². The van der Waals surface area contributed by atoms with Gasteiger partial charge in [-0.05, 0) is 91.9 Å². The maximum atomic E-state index is 11.3. The summed E-state index contributed by atoms with van der Waals surface area (Å²) in [6, 6.07) is 0. The third kappa shape index (κ3) is 6.60. The summed E-state index contributed by atoms with van der Waals surface area (Å²) in [5.41, 5.74) is 4.05. The zero-order valence-electron chi connectivity index (χ0n) is 21.3. The van der Waals surface area contributed by atoms with Gasteiger partial charge in [-0.1, -0.05) is 76.6 Å². The zero-order valence-corrected chi connectivity index (χ0v) is 22.2. The van der Waals surface area contributed by atoms with E-state index in [0.717, 1.165) is 29.9 Å². The molecule has 6 atom stereocenters. The number of hydrogen-bond donors (Lipinski definition) is 2. The summed E-state index contributed by atoms with van der Waals surface area (Å²) in [5, 5.41) is 0. The fourth-order valence-corrected chi connectivity index (χ4v) is 7.08. The van der Waals surface area contributed by atoms with E-state index in [2.05, 4.69) is 65.5 Å². The second kappa shape index (κ2) is 10.8. The lowest BCUT2D eigenvalue weighted by Crippen LogP contribution is -2.35. The smallest absolute Gasteiger partial charge is 0.303 e. The first-order valence-corrected chi connectivity index (χ1v) is 14.4. The fraction of sp³-hybridized carbons (Fsp3) is 0.714. The van der Waals surface area contributed by atoms with Gasteiger partial charge in [-0.2, -0.15) is 0 Å². The Hall–Kier alpha value is -0.930. The van der Waals surface area contributed by atoms with Crippen LogP contribution < -0.4 is 0 Å². The molecule has 0 amide bonds. The molecule has 3 saturated carbocycles. The quantitative estimate of drug-likeness (QED) is 0.291. The zero-order chi connectivity index (χ0) is 24.4. The Labute approximate surface area is 201 Å². The number of rotatable bonds is 7. The summed E-state index contributed by atoms with van der Waals surface area (Å²) in [5.74, 6) is 3.25. The molecular weight excluding hydrogens is 431 g/mol. The molecule has 0 saturated heterocycles. The van der Waals surface area contributed by atoms with Crippen LogP contribution in [0.4, 0.5) is 0 Å². The molecule has 2 N–H and O–H groups in total. The van der Waals surface area contributed by atoms with Crippen LogP contribution >= 0.6 is 7.82 Å². The lowest BCUT2D eigenvalue weighted by molar-refractivity contribution is 0.112. The molecule has 0 aliphatic heterocycles. The molecule has 0 bridgehead atoms. The number of hydrogen-bond acceptors (Lipinski definition) is 2. The third-order valence-electron chi connectivity index (χ3n) is 8.90. The van der Waals surface area contributed by atoms with Crippen molar-refractivity contribution in [1.29, 1.82) is 0 Å². The molecule has 186 valence electrons. The Morgan fingerprint density at radius 2 is 1.82 bits per heavy atom. The summed E-state index contributed by atoms with van der Waals surface area (Å²) in [6.07, 6.45) is 17.1. The van der Waals surface area contributed by atoms with Crippen LogP contribution in [0, 0.1) is 35.0 Å². The predicted octanol–water partition coefficient (Wildman–Crippen LogP) is 7.76. The molecule has 0 aromatic heterocycles. The molecule has 0 aromatic rings. The van der Waals surface area contributed by atoms with Gasteiger partial charge in [-0.25, -0.2) is 4.57 Å². The van der Waals surface area contributed by atoms with Crippen molar-refractivity contribution < 1.29 is 18.9 Å². The highest BCUT2D eigenvalue weighted by atomic mass is 31.2. The van der Waals surface area contributed by atoms with Crippen molar-refractivity contribution in [2.24, 2.45) is 35.0 Å². The van der Waals surface area contributed by atoms with Crippen molar-refractivity contribution in [1.82, 2.24) is 0 Å². The van der Waals surface area contributed by atoms with E-state index in [9.17, 15) is 14.4 Å². The van der Waals surface area contributed by atoms with Gasteiger partial charge in [0, 0.05) is 0 Å². The maximum absolute atomic E-state index is 11.3. The van der Waals surface area contributed by atoms with Crippen molar-refractivity contribution in [3.8, 4) is 0 Å². The van der Waals surface area contributed by atoms with Crippen molar-refractivity contribution in [2.45, 2.75) is 92.1 Å². The highest BCUT2D eigenvalue weighted by molar-refractivity contribution is 7.46. The SMILES string of the molecule is C=C1CC[C@H](OP(=O)(O)O)CC1=CC=C1CCC[C@@]2(C)C1CC[C@@H]2[C@H](C)C=C[C@H](C)C(C)C. The molecule has 3 aliphatic carbocycles. The average molecular weight is 477 g/mol. The molecule has 4 nitrogen and oxygen atoms in total. The lowest BCUT2D eigenvalue weighted by Gasteiger charge is -2.44. The summed E-state index contributed by atoms with van der Waals surface area (Å²) in [6.45, 7) is 16.0. The summed E-state index contributed by atoms with van der Waals surface area (Å²) in [4.78, 5) is 18.4. The second-order valence-electron chi connectivity index (χ2n) is 11.4. The molecule has 3 fully saturated rings. The van der Waals surface area contributed by atoms with Gasteiger partial charge in [0.15, 0.2) is 0 Å². The second-order valence-corrected chi connectivity index (χ2v) is 12.6. The highest BCUT2D eigenvalue weighted by Gasteiger charge is 2.50. The van der Waals surface area contributed by atoms with Gasteiger partial charge in [0.05, 0.1) is 6.10 Å². The minimum Gasteiger partial charge on any atom is -0.303 e. The molecule has 0 heterocycles. The molecule has 3 aliphatic rings. The van der Waals surface area contributed by atoms with E-state index in [-0.39, 0.29) is 0 Å². The molecule has 0 spiro atoms. The topological polar surface area (TPSA) is 66.8 Å². The van der Waals surface area contributed by atoms with Crippen molar-refractivity contribution in [3.63, 3.8) is 0 Å². The molecule has 0 radical (unpaired) electrons. The number of phosphoric ester groups is 1. The Bertz CT molecular complexity index is 848. The third-order valence-corrected chi connectivity index (χ3v) is 9.47. The Balaban J connectivity index is 1.74. The van der Waals surface area contributed by atoms with Crippen molar-refractivity contribution in [2.75, 3.05) is 0 Å². The van der Waals surface area contributed by atoms with Gasteiger partial charge in [0.25, 0.3) is 0 Å². The van der Waals surface area contributed by atoms with E-state index in [1.165, 1.54) is 25.7 Å². The van der Waals surface area contributed by atoms with Crippen LogP contribution in [0.5, 0.6) is 0 Å². The normalized spacial score (nSPS) is 35.5. The van der Waals surface area contributed by atoms with Crippen molar-refractivity contribution >= 4 is 7.82 Å². The Kier molecular flexibility index (Phi) is 8.71. The predicted molar refractivity (Wildman–Crippen MR) is 137 cm³/mol. The van der Waals surface area contributed by atoms with E-state index >= 15 is 0 Å². The molecule has 33 heavy (non-hydrogen) atoms. The fourth-order valence-electron chi connectivity index (χ4n) is 6.52. The van der Waals surface area contributed by atoms with E-state index in [0.29, 0.717) is 41.9 Å². The Morgan fingerprint density at radius 1 is 1.09 bits per heavy atom. The molecular formula is C28H45O4P. The Morgan fingerprint density at radius 3 is 2.48 bits per heavy atom. The van der Waals surface area contributed by atoms with Crippen LogP contribution in [0.15, 0.2) is 47.6 Å². The van der Waals surface area contributed by atoms with E-state index in [4.69, 9.17) is 4.52 Å². The largest absolute Gasteiger partial charge is 0.469 e. The van der Waals surface area contributed by atoms with Gasteiger partial charge in [-0.15, -0.1) is 0 Å². The molecule has 5 heteroatoms. The molecule has 3 rings (SSSR count). The minimum absolute atomic E-state index is 0.350. The van der Waals surface area contributed by atoms with Crippen LogP contribution in [0.1, 0.15) is 86.0 Å². The lowest BCUT2D eigenvalue weighted by atomic mass is 9.61. The molecule has 0 aromatic carbocycles. The van der Waals surface area contributed by atoms with Crippen LogP contribution in [0.25, 0.3) is 0 Å². The van der Waals surface area contributed by atoms with Crippen molar-refractivity contribution in [3.05, 3.63) is 47.6 Å². The monoisotopic (exact) mass is 476 g/mol. The van der Waals surface area contributed by atoms with Gasteiger partial charge < -0.3 is 9.79 Å². The summed E-state index contributed by atoms with van der Waals surface area (Å²) < 4.78 is 16.3. The number of fused-ring (bicyclic) bond motifs is 1. The van der Waals surface area contributed by atoms with E-state index in [1.54, 1.807) is 5.57 Å². The van der Waals surface area contributed by atoms with Gasteiger partial charge >= 0.3 is 7.82 Å². The number of allylic oxidation sites excluding steroid dienone is 6. The maximum Gasteiger partial charge on any atom is 0.469 e. The van der Waals surface area contributed by atoms with Crippen LogP contribution in [0.2, 0.25) is 0 Å². The van der Waals surface area contributed by atoms with Gasteiger partial charge in [0.2, 0.25) is 0 Å². The highest BCUT2D eigenvalue weighted by Crippen LogP contribution is 2.59. The summed E-state index contributed by atoms with van der Waals surface area (Å²) in [7, 11) is -4.46. The standard InChI is InChI=1S/C28H45O4P/c1-19(2)20(3)9-10-22(5)26-15-16-27-23(8-7-17-28(26,27)6)12-13-24-18-25(14-11-21(24)4)32-33(29,30)31/h9-10,12-13,19-20,22,25-27H,4,7-8,11,14-18H2,1-3,5-6H3,(H2,29,30,31)/t20-,22+,25-,26+,27?,28+/m0/s1. The minimum atomic E-state index is -4.46. The average Bonchev–Trinajstić information content (AvgIpc) is 3.08. The first kappa shape index (κ1) is 26.7. The van der Waals surface area contributed by atoms with Gasteiger partial charge in [0.1, 0.15) is 0 Å². The van der Waals surface area contributed by atoms with Crippen LogP contribution in [-0.2, 0) is 9.09 Å².